The molecule has 0 atom stereocenters. The number of aromatic nitrogens is 1. The summed E-state index contributed by atoms with van der Waals surface area (Å²) in [5.74, 6) is -0.484. The normalized spacial score (nSPS) is 12.8. The topological polar surface area (TPSA) is 113 Å². The Morgan fingerprint density at radius 1 is 1.00 bits per heavy atom. The molecule has 0 aliphatic carbocycles. The number of nitrogens with zero attached hydrogens (tertiary/aromatic N) is 1. The van der Waals surface area contributed by atoms with Crippen LogP contribution >= 0.6 is 0 Å². The number of pyridine rings is 1. The van der Waals surface area contributed by atoms with Gasteiger partial charge in [-0.15, -0.1) is 0 Å². The number of fused-ring (bicyclic) bond motifs is 1. The number of rotatable bonds is 3. The number of hydrogen-bond donors (Lipinski definition) is 2. The lowest BCUT2D eigenvalue weighted by Crippen LogP contribution is -2.24. The maximum atomic E-state index is 12.3. The van der Waals surface area contributed by atoms with E-state index in [9.17, 15) is 14.4 Å². The fourth-order valence-electron chi connectivity index (χ4n) is 2.51. The van der Waals surface area contributed by atoms with E-state index in [4.69, 9.17) is 15.2 Å². The molecule has 3 rings (SSSR count). The highest BCUT2D eigenvalue weighted by Gasteiger charge is 2.31. The number of benzene rings is 1. The second-order valence-electron chi connectivity index (χ2n) is 4.81. The van der Waals surface area contributed by atoms with E-state index in [1.165, 1.54) is 14.2 Å². The summed E-state index contributed by atoms with van der Waals surface area (Å²) >= 11 is 0. The Kier molecular flexibility index (Phi) is 3.29. The Morgan fingerprint density at radius 2 is 1.70 bits per heavy atom. The number of imide groups is 1. The quantitative estimate of drug-likeness (QED) is 0.789. The van der Waals surface area contributed by atoms with Gasteiger partial charge >= 0.3 is 0 Å². The summed E-state index contributed by atoms with van der Waals surface area (Å²) in [5, 5.41) is 2.11. The number of hydrogen-bond acceptors (Lipinski definition) is 6. The smallest absolute Gasteiger partial charge is 0.262 e. The molecule has 8 nitrogen and oxygen atoms in total. The molecule has 0 saturated carbocycles. The number of amides is 2. The van der Waals surface area contributed by atoms with E-state index in [0.29, 0.717) is 17.2 Å². The Hall–Kier alpha value is -3.29. The third kappa shape index (κ3) is 2.11. The second-order valence-corrected chi connectivity index (χ2v) is 4.81. The Labute approximate surface area is 130 Å². The molecule has 1 aromatic carbocycles. The van der Waals surface area contributed by atoms with Gasteiger partial charge in [-0.05, 0) is 12.1 Å². The molecule has 2 aromatic rings. The van der Waals surface area contributed by atoms with Crippen molar-refractivity contribution in [2.45, 2.75) is 0 Å². The van der Waals surface area contributed by atoms with Crippen LogP contribution in [0.25, 0.3) is 5.69 Å². The van der Waals surface area contributed by atoms with Crippen molar-refractivity contribution in [1.82, 2.24) is 9.88 Å². The SMILES string of the molecule is COc1ccc(-n2c(N)c3c(cc2=O)C(=O)NC3=O)cc1OC. The van der Waals surface area contributed by atoms with E-state index in [-0.39, 0.29) is 16.9 Å². The number of carbonyl (C=O) groups excluding carboxylic acids is 2. The third-order valence-corrected chi connectivity index (χ3v) is 3.58. The highest BCUT2D eigenvalue weighted by Crippen LogP contribution is 2.30. The molecule has 0 spiro atoms. The number of methoxy groups -OCH3 is 2. The number of nitrogen functional groups attached to an aromatic ring is 1. The zero-order chi connectivity index (χ0) is 16.7. The van der Waals surface area contributed by atoms with Crippen LogP contribution in [-0.4, -0.2) is 30.6 Å². The number of anilines is 1. The first-order valence-corrected chi connectivity index (χ1v) is 6.61. The van der Waals surface area contributed by atoms with Crippen LogP contribution in [0.3, 0.4) is 0 Å². The Morgan fingerprint density at radius 3 is 2.35 bits per heavy atom. The van der Waals surface area contributed by atoms with Crippen LogP contribution in [0.15, 0.2) is 29.1 Å². The molecule has 0 saturated heterocycles. The van der Waals surface area contributed by atoms with Crippen molar-refractivity contribution in [1.29, 1.82) is 0 Å². The van der Waals surface area contributed by atoms with Crippen LogP contribution in [-0.2, 0) is 0 Å². The maximum Gasteiger partial charge on any atom is 0.262 e. The van der Waals surface area contributed by atoms with Crippen molar-refractivity contribution in [2.75, 3.05) is 20.0 Å². The van der Waals surface area contributed by atoms with Gasteiger partial charge in [0.15, 0.2) is 11.5 Å². The number of carbonyl (C=O) groups is 2. The highest BCUT2D eigenvalue weighted by atomic mass is 16.5. The van der Waals surface area contributed by atoms with E-state index >= 15 is 0 Å². The van der Waals surface area contributed by atoms with Crippen molar-refractivity contribution in [3.63, 3.8) is 0 Å². The van der Waals surface area contributed by atoms with E-state index in [1.54, 1.807) is 18.2 Å². The molecule has 0 fully saturated rings. The molecule has 0 radical (unpaired) electrons. The summed E-state index contributed by atoms with van der Waals surface area (Å²) in [4.78, 5) is 35.8. The van der Waals surface area contributed by atoms with Gasteiger partial charge in [0.25, 0.3) is 17.4 Å². The van der Waals surface area contributed by atoms with Gasteiger partial charge in [0, 0.05) is 12.1 Å². The largest absolute Gasteiger partial charge is 0.493 e. The molecule has 1 aliphatic heterocycles. The van der Waals surface area contributed by atoms with Gasteiger partial charge in [0.2, 0.25) is 0 Å². The molecule has 1 aromatic heterocycles. The van der Waals surface area contributed by atoms with E-state index in [2.05, 4.69) is 5.32 Å². The van der Waals surface area contributed by atoms with Crippen LogP contribution < -0.4 is 26.1 Å². The molecule has 23 heavy (non-hydrogen) atoms. The van der Waals surface area contributed by atoms with E-state index < -0.39 is 17.4 Å². The fraction of sp³-hybridized carbons (Fsp3) is 0.133. The van der Waals surface area contributed by atoms with Crippen LogP contribution in [0.5, 0.6) is 11.5 Å². The summed E-state index contributed by atoms with van der Waals surface area (Å²) in [6.45, 7) is 0. The lowest BCUT2D eigenvalue weighted by atomic mass is 10.1. The lowest BCUT2D eigenvalue weighted by Gasteiger charge is -2.14. The van der Waals surface area contributed by atoms with Crippen molar-refractivity contribution >= 4 is 17.6 Å². The zero-order valence-corrected chi connectivity index (χ0v) is 12.4. The van der Waals surface area contributed by atoms with Crippen molar-refractivity contribution < 1.29 is 19.1 Å². The van der Waals surface area contributed by atoms with Crippen molar-refractivity contribution in [2.24, 2.45) is 0 Å². The minimum absolute atomic E-state index is 0.00983. The average molecular weight is 315 g/mol. The Balaban J connectivity index is 2.26. The molecule has 2 heterocycles. The first-order valence-electron chi connectivity index (χ1n) is 6.61. The minimum Gasteiger partial charge on any atom is -0.493 e. The van der Waals surface area contributed by atoms with Gasteiger partial charge in [-0.3, -0.25) is 24.3 Å². The van der Waals surface area contributed by atoms with Gasteiger partial charge in [-0.2, -0.15) is 0 Å². The molecule has 0 unspecified atom stereocenters. The summed E-state index contributed by atoms with van der Waals surface area (Å²) in [6.07, 6.45) is 0. The minimum atomic E-state index is -0.631. The van der Waals surface area contributed by atoms with Crippen molar-refractivity contribution in [3.05, 3.63) is 45.7 Å². The highest BCUT2D eigenvalue weighted by molar-refractivity contribution is 6.23. The van der Waals surface area contributed by atoms with E-state index in [1.807, 2.05) is 0 Å². The molecule has 3 N–H and O–H groups in total. The van der Waals surface area contributed by atoms with Crippen molar-refractivity contribution in [3.8, 4) is 17.2 Å². The van der Waals surface area contributed by atoms with Crippen LogP contribution in [0.1, 0.15) is 20.7 Å². The molecule has 8 heteroatoms. The lowest BCUT2D eigenvalue weighted by molar-refractivity contribution is 0.0880. The Bertz CT molecular complexity index is 901. The van der Waals surface area contributed by atoms with Gasteiger partial charge in [-0.25, -0.2) is 0 Å². The van der Waals surface area contributed by atoms with Crippen LogP contribution in [0, 0.1) is 0 Å². The van der Waals surface area contributed by atoms with Gasteiger partial charge in [0.1, 0.15) is 5.82 Å². The monoisotopic (exact) mass is 315 g/mol. The second kappa shape index (κ2) is 5.16. The number of ether oxygens (including phenoxy) is 2. The fourth-order valence-corrected chi connectivity index (χ4v) is 2.51. The standard InChI is InChI=1S/C15H13N3O5/c1-22-9-4-3-7(5-10(9)23-2)18-11(19)6-8-12(13(18)16)15(21)17-14(8)20/h3-6H,16H2,1-2H3,(H,17,20,21). The van der Waals surface area contributed by atoms with Crippen LogP contribution in [0.4, 0.5) is 5.82 Å². The van der Waals surface area contributed by atoms with Gasteiger partial charge in [-0.1, -0.05) is 0 Å². The average Bonchev–Trinajstić information content (AvgIpc) is 2.81. The summed E-state index contributed by atoms with van der Waals surface area (Å²) < 4.78 is 11.5. The molecule has 0 bridgehead atoms. The predicted octanol–water partition coefficient (Wildman–Crippen LogP) is 0.320. The molecule has 1 aliphatic rings. The third-order valence-electron chi connectivity index (χ3n) is 3.58. The predicted molar refractivity (Wildman–Crippen MR) is 81.4 cm³/mol. The molecule has 118 valence electrons. The number of nitrogens with one attached hydrogen (secondary N) is 1. The molecular weight excluding hydrogens is 302 g/mol. The zero-order valence-electron chi connectivity index (χ0n) is 12.4. The van der Waals surface area contributed by atoms with Gasteiger partial charge in [0.05, 0.1) is 31.0 Å². The molecular formula is C15H13N3O5. The summed E-state index contributed by atoms with van der Waals surface area (Å²) in [7, 11) is 2.95. The van der Waals surface area contributed by atoms with Gasteiger partial charge < -0.3 is 15.2 Å². The summed E-state index contributed by atoms with van der Waals surface area (Å²) in [5.41, 5.74) is 5.79. The van der Waals surface area contributed by atoms with Crippen LogP contribution in [0.2, 0.25) is 0 Å². The molecule has 2 amide bonds. The number of nitrogens with two attached hydrogens (primary N) is 1. The first kappa shape index (κ1) is 14.6. The maximum absolute atomic E-state index is 12.3. The van der Waals surface area contributed by atoms with E-state index in [0.717, 1.165) is 10.6 Å². The summed E-state index contributed by atoms with van der Waals surface area (Å²) in [6, 6.07) is 5.85. The first-order chi connectivity index (χ1) is 11.0.